The Labute approximate surface area is 618 Å². The van der Waals surface area contributed by atoms with Crippen molar-refractivity contribution in [2.45, 2.75) is 567 Å². The molecule has 1 aliphatic rings. The number of hydrogen-bond acceptors (Lipinski definition) is 4. The van der Waals surface area contributed by atoms with Gasteiger partial charge in [0.15, 0.2) is 0 Å². The van der Waals surface area contributed by atoms with E-state index in [-0.39, 0.29) is 11.9 Å². The van der Waals surface area contributed by atoms with E-state index in [0.29, 0.717) is 36.9 Å². The molecule has 1 unspecified atom stereocenters. The van der Waals surface area contributed by atoms with Gasteiger partial charge in [0, 0.05) is 12.8 Å². The van der Waals surface area contributed by atoms with E-state index < -0.39 is 0 Å². The minimum atomic E-state index is 0.0327. The highest BCUT2D eigenvalue weighted by Gasteiger charge is 2.50. The Hall–Kier alpha value is -1.06. The Morgan fingerprint density at radius 3 is 0.541 bits per heavy atom. The zero-order valence-corrected chi connectivity index (χ0v) is 68.4. The molecule has 0 N–H and O–H groups in total. The second kappa shape index (κ2) is 78.5. The third kappa shape index (κ3) is 63.4. The number of rotatable bonds is 84. The fraction of sp³-hybridized carbons (Fsp3) is 0.979. The van der Waals surface area contributed by atoms with E-state index in [1.807, 2.05) is 0 Å². The first kappa shape index (κ1) is 95.0. The molecular formula is C94H184O4. The summed E-state index contributed by atoms with van der Waals surface area (Å²) in [6.07, 6.45) is 117. The van der Waals surface area contributed by atoms with E-state index in [1.54, 1.807) is 32.1 Å². The summed E-state index contributed by atoms with van der Waals surface area (Å²) in [6, 6.07) is 0. The van der Waals surface area contributed by atoms with Gasteiger partial charge in [-0.2, -0.15) is 0 Å². The molecular weight excluding hydrogens is 1190 g/mol. The van der Waals surface area contributed by atoms with Gasteiger partial charge in [-0.25, -0.2) is 0 Å². The largest absolute Gasteiger partial charge is 0.466 e. The van der Waals surface area contributed by atoms with Gasteiger partial charge in [-0.05, 0) is 75.0 Å². The lowest BCUT2D eigenvalue weighted by molar-refractivity contribution is -0.144. The molecule has 584 valence electrons. The summed E-state index contributed by atoms with van der Waals surface area (Å²) in [5.41, 5.74) is 1.24. The monoisotopic (exact) mass is 1380 g/mol. The van der Waals surface area contributed by atoms with Crippen molar-refractivity contribution in [3.8, 4) is 0 Å². The number of esters is 2. The van der Waals surface area contributed by atoms with Gasteiger partial charge >= 0.3 is 11.9 Å². The van der Waals surface area contributed by atoms with Crippen LogP contribution < -0.4 is 0 Å². The molecule has 0 heterocycles. The lowest BCUT2D eigenvalue weighted by atomic mass is 9.49. The third-order valence-electron chi connectivity index (χ3n) is 24.3. The van der Waals surface area contributed by atoms with Gasteiger partial charge in [0.1, 0.15) is 0 Å². The SMILES string of the molecule is CCCCCCCCCCCCCCCCC1(CCCC)CCCCC1(CCCCCCCCCCCCCCCCCCCCCC(=O)OCCCCCCCCCCCC)CCCCCCCCCCCCCCCCCCCCCC(=O)OCCCCCCCCCCCC. The van der Waals surface area contributed by atoms with Gasteiger partial charge in [-0.3, -0.25) is 9.59 Å². The normalized spacial score (nSPS) is 14.7. The maximum Gasteiger partial charge on any atom is 0.305 e. The molecule has 98 heavy (non-hydrogen) atoms. The van der Waals surface area contributed by atoms with E-state index >= 15 is 0 Å². The lowest BCUT2D eigenvalue weighted by Gasteiger charge is -2.56. The predicted octanol–water partition coefficient (Wildman–Crippen LogP) is 33.9. The van der Waals surface area contributed by atoms with Gasteiger partial charge in [0.25, 0.3) is 0 Å². The van der Waals surface area contributed by atoms with Crippen LogP contribution in [0.2, 0.25) is 0 Å². The first-order chi connectivity index (χ1) is 48.5. The maximum absolute atomic E-state index is 12.2. The number of carbonyl (C=O) groups excluding carboxylic acids is 2. The summed E-state index contributed by atoms with van der Waals surface area (Å²) >= 11 is 0. The molecule has 0 aromatic rings. The summed E-state index contributed by atoms with van der Waals surface area (Å²) < 4.78 is 11.0. The van der Waals surface area contributed by atoms with Gasteiger partial charge in [-0.1, -0.05) is 490 Å². The van der Waals surface area contributed by atoms with Crippen molar-refractivity contribution in [1.29, 1.82) is 0 Å². The molecule has 0 spiro atoms. The summed E-state index contributed by atoms with van der Waals surface area (Å²) in [5.74, 6) is 0.0654. The maximum atomic E-state index is 12.2. The van der Waals surface area contributed by atoms with Crippen molar-refractivity contribution in [3.05, 3.63) is 0 Å². The van der Waals surface area contributed by atoms with Crippen LogP contribution in [-0.2, 0) is 19.1 Å². The smallest absolute Gasteiger partial charge is 0.305 e. The topological polar surface area (TPSA) is 52.6 Å². The summed E-state index contributed by atoms with van der Waals surface area (Å²) in [7, 11) is 0. The van der Waals surface area contributed by atoms with Crippen molar-refractivity contribution < 1.29 is 19.1 Å². The van der Waals surface area contributed by atoms with Crippen LogP contribution in [0.15, 0.2) is 0 Å². The minimum absolute atomic E-state index is 0.0327. The molecule has 0 aliphatic heterocycles. The van der Waals surface area contributed by atoms with Crippen LogP contribution >= 0.6 is 0 Å². The molecule has 0 radical (unpaired) electrons. The Morgan fingerprint density at radius 1 is 0.194 bits per heavy atom. The number of ether oxygens (including phenoxy) is 2. The molecule has 0 aromatic heterocycles. The molecule has 1 rings (SSSR count). The van der Waals surface area contributed by atoms with E-state index in [4.69, 9.17) is 9.47 Å². The highest BCUT2D eigenvalue weighted by atomic mass is 16.5. The zero-order valence-electron chi connectivity index (χ0n) is 68.4. The summed E-state index contributed by atoms with van der Waals surface area (Å²) in [4.78, 5) is 24.3. The van der Waals surface area contributed by atoms with Crippen LogP contribution in [-0.4, -0.2) is 25.2 Å². The van der Waals surface area contributed by atoms with E-state index in [1.165, 1.54) is 469 Å². The predicted molar refractivity (Wildman–Crippen MR) is 437 cm³/mol. The lowest BCUT2D eigenvalue weighted by Crippen LogP contribution is -2.45. The average Bonchev–Trinajstić information content (AvgIpc) is 0.760. The standard InChI is InChI=1S/C94H184O4/c1-5-9-13-16-19-22-25-26-43-48-53-60-67-74-84-93(83-12-8-4)87-77-78-88-94(93,85-75-68-61-54-49-44-39-35-31-27-29-33-37-41-46-51-58-65-72-81-91(95)97-89-79-70-63-56-23-20-17-14-10-6-2)86-76-69-62-55-50-45-40-36-32-28-30-34-38-42-47-52-59-66-73-82-92(96)98-90-80-71-64-57-24-21-18-15-11-7-3/h5-90H2,1-4H3. The van der Waals surface area contributed by atoms with Gasteiger partial charge < -0.3 is 9.47 Å². The van der Waals surface area contributed by atoms with Crippen molar-refractivity contribution in [1.82, 2.24) is 0 Å². The first-order valence-corrected chi connectivity index (χ1v) is 46.8. The second-order valence-electron chi connectivity index (χ2n) is 33.5. The molecule has 0 aromatic carbocycles. The molecule has 4 heteroatoms. The molecule has 0 amide bonds. The van der Waals surface area contributed by atoms with Crippen molar-refractivity contribution in [3.63, 3.8) is 0 Å². The van der Waals surface area contributed by atoms with Crippen LogP contribution in [0.1, 0.15) is 567 Å². The minimum Gasteiger partial charge on any atom is -0.466 e. The molecule has 1 saturated carbocycles. The van der Waals surface area contributed by atoms with Crippen molar-refractivity contribution in [2.75, 3.05) is 13.2 Å². The summed E-state index contributed by atoms with van der Waals surface area (Å²) in [6.45, 7) is 10.6. The quantitative estimate of drug-likeness (QED) is 0.0450. The van der Waals surface area contributed by atoms with E-state index in [0.717, 1.165) is 25.7 Å². The van der Waals surface area contributed by atoms with Gasteiger partial charge in [0.2, 0.25) is 0 Å². The van der Waals surface area contributed by atoms with Crippen LogP contribution in [0.25, 0.3) is 0 Å². The number of carbonyl (C=O) groups is 2. The Morgan fingerprint density at radius 2 is 0.347 bits per heavy atom. The highest BCUT2D eigenvalue weighted by molar-refractivity contribution is 5.69. The molecule has 0 saturated heterocycles. The van der Waals surface area contributed by atoms with Crippen LogP contribution in [0, 0.1) is 10.8 Å². The number of hydrogen-bond donors (Lipinski definition) is 0. The fourth-order valence-corrected chi connectivity index (χ4v) is 17.6. The molecule has 1 aliphatic carbocycles. The van der Waals surface area contributed by atoms with Gasteiger partial charge in [0.05, 0.1) is 13.2 Å². The average molecular weight is 1380 g/mol. The molecule has 4 nitrogen and oxygen atoms in total. The third-order valence-corrected chi connectivity index (χ3v) is 24.3. The van der Waals surface area contributed by atoms with Crippen LogP contribution in [0.4, 0.5) is 0 Å². The Balaban J connectivity index is 2.29. The molecule has 1 atom stereocenters. The first-order valence-electron chi connectivity index (χ1n) is 46.8. The molecule has 0 bridgehead atoms. The molecule has 1 fully saturated rings. The van der Waals surface area contributed by atoms with Crippen molar-refractivity contribution >= 4 is 11.9 Å². The van der Waals surface area contributed by atoms with Crippen molar-refractivity contribution in [2.24, 2.45) is 10.8 Å². The zero-order chi connectivity index (χ0) is 70.4. The van der Waals surface area contributed by atoms with Crippen LogP contribution in [0.5, 0.6) is 0 Å². The Bertz CT molecular complexity index is 1460. The summed E-state index contributed by atoms with van der Waals surface area (Å²) in [5, 5.41) is 0. The highest BCUT2D eigenvalue weighted by Crippen LogP contribution is 2.61. The Kier molecular flexibility index (Phi) is 76.1. The van der Waals surface area contributed by atoms with Crippen LogP contribution in [0.3, 0.4) is 0 Å². The second-order valence-corrected chi connectivity index (χ2v) is 33.5. The number of unbranched alkanes of at least 4 members (excludes halogenated alkanes) is 68. The van der Waals surface area contributed by atoms with E-state index in [2.05, 4.69) is 27.7 Å². The fourth-order valence-electron chi connectivity index (χ4n) is 17.6. The van der Waals surface area contributed by atoms with Gasteiger partial charge in [-0.15, -0.1) is 0 Å². The van der Waals surface area contributed by atoms with E-state index in [9.17, 15) is 9.59 Å².